The van der Waals surface area contributed by atoms with Crippen molar-refractivity contribution < 1.29 is 13.9 Å². The van der Waals surface area contributed by atoms with Crippen LogP contribution in [0.4, 0.5) is 4.39 Å². The van der Waals surface area contributed by atoms with Crippen LogP contribution in [0.3, 0.4) is 0 Å². The van der Waals surface area contributed by atoms with E-state index in [-0.39, 0.29) is 5.82 Å². The number of hydrogen-bond donors (Lipinski definition) is 1. The van der Waals surface area contributed by atoms with Gasteiger partial charge in [0.25, 0.3) is 0 Å². The minimum atomic E-state index is -0.668. The third-order valence-electron chi connectivity index (χ3n) is 3.97. The Balaban J connectivity index is 2.17. The number of carbonyl (C=O) groups excluding carboxylic acids is 1. The predicted octanol–water partition coefficient (Wildman–Crippen LogP) is 2.40. The molecule has 0 fully saturated rings. The SMILES string of the molecule is COC(=O)C1=C(CBr)NC(n2ncc(C)n2)=N[C@@H]1c1ccc(F)cc1C. The molecule has 1 atom stereocenters. The van der Waals surface area contributed by atoms with Crippen LogP contribution in [-0.2, 0) is 9.53 Å². The van der Waals surface area contributed by atoms with Crippen LogP contribution in [0.25, 0.3) is 0 Å². The van der Waals surface area contributed by atoms with Gasteiger partial charge in [0.1, 0.15) is 11.9 Å². The minimum absolute atomic E-state index is 0.349. The van der Waals surface area contributed by atoms with Gasteiger partial charge < -0.3 is 10.1 Å². The van der Waals surface area contributed by atoms with Gasteiger partial charge in [-0.25, -0.2) is 14.2 Å². The zero-order chi connectivity index (χ0) is 18.8. The summed E-state index contributed by atoms with van der Waals surface area (Å²) in [5.41, 5.74) is 3.05. The molecule has 136 valence electrons. The van der Waals surface area contributed by atoms with Crippen LogP contribution in [0.15, 0.2) is 40.7 Å². The van der Waals surface area contributed by atoms with E-state index in [2.05, 4.69) is 36.4 Å². The highest BCUT2D eigenvalue weighted by Gasteiger charge is 2.33. The van der Waals surface area contributed by atoms with Crippen LogP contribution in [0, 0.1) is 19.7 Å². The Kier molecular flexibility index (Phi) is 5.17. The van der Waals surface area contributed by atoms with E-state index in [0.29, 0.717) is 33.7 Å². The molecule has 1 N–H and O–H groups in total. The lowest BCUT2D eigenvalue weighted by Crippen LogP contribution is -2.39. The molecule has 0 spiro atoms. The molecule has 0 unspecified atom stereocenters. The van der Waals surface area contributed by atoms with E-state index in [0.717, 1.165) is 5.69 Å². The zero-order valence-electron chi connectivity index (χ0n) is 14.5. The standard InChI is InChI=1S/C17H17BrFN5O2/c1-9-6-11(19)4-5-12(9)15-14(16(25)26-3)13(7-18)21-17(22-15)24-20-8-10(2)23-24/h4-6,8,15H,7H2,1-3H3,(H,21,22)/t15-/m1/s1. The topological polar surface area (TPSA) is 81.4 Å². The molecule has 2 heterocycles. The molecule has 1 aliphatic heterocycles. The first-order chi connectivity index (χ1) is 12.4. The smallest absolute Gasteiger partial charge is 0.338 e. The molecule has 0 aliphatic carbocycles. The number of methoxy groups -OCH3 is 1. The molecule has 0 saturated carbocycles. The van der Waals surface area contributed by atoms with Crippen LogP contribution < -0.4 is 5.32 Å². The number of nitrogens with zero attached hydrogens (tertiary/aromatic N) is 4. The number of rotatable bonds is 3. The van der Waals surface area contributed by atoms with Crippen molar-refractivity contribution in [2.45, 2.75) is 19.9 Å². The Morgan fingerprint density at radius 1 is 1.42 bits per heavy atom. The number of nitrogens with one attached hydrogen (secondary N) is 1. The van der Waals surface area contributed by atoms with Crippen molar-refractivity contribution in [2.24, 2.45) is 4.99 Å². The first kappa shape index (κ1) is 18.2. The summed E-state index contributed by atoms with van der Waals surface area (Å²) in [6, 6.07) is 3.71. The zero-order valence-corrected chi connectivity index (χ0v) is 16.0. The second kappa shape index (κ2) is 7.36. The molecule has 26 heavy (non-hydrogen) atoms. The number of ether oxygens (including phenoxy) is 1. The molecule has 0 radical (unpaired) electrons. The fourth-order valence-corrected chi connectivity index (χ4v) is 3.19. The molecule has 0 saturated heterocycles. The van der Waals surface area contributed by atoms with Gasteiger partial charge in [-0.2, -0.15) is 10.2 Å². The van der Waals surface area contributed by atoms with Gasteiger partial charge >= 0.3 is 5.97 Å². The molecule has 1 aromatic heterocycles. The maximum Gasteiger partial charge on any atom is 0.338 e. The number of aryl methyl sites for hydroxylation is 2. The molecule has 1 aliphatic rings. The van der Waals surface area contributed by atoms with Crippen molar-refractivity contribution in [3.63, 3.8) is 0 Å². The molecule has 3 rings (SSSR count). The number of halogens is 2. The maximum atomic E-state index is 13.5. The molecule has 7 nitrogen and oxygen atoms in total. The molecule has 9 heteroatoms. The fraction of sp³-hybridized carbons (Fsp3) is 0.294. The fourth-order valence-electron chi connectivity index (χ4n) is 2.75. The Morgan fingerprint density at radius 3 is 2.77 bits per heavy atom. The van der Waals surface area contributed by atoms with E-state index >= 15 is 0 Å². The molecule has 0 bridgehead atoms. The van der Waals surface area contributed by atoms with E-state index in [9.17, 15) is 9.18 Å². The van der Waals surface area contributed by atoms with E-state index in [1.54, 1.807) is 19.2 Å². The van der Waals surface area contributed by atoms with E-state index in [1.807, 2.05) is 6.92 Å². The summed E-state index contributed by atoms with van der Waals surface area (Å²) < 4.78 is 18.5. The highest BCUT2D eigenvalue weighted by molar-refractivity contribution is 9.09. The van der Waals surface area contributed by atoms with Crippen LogP contribution in [0.5, 0.6) is 0 Å². The van der Waals surface area contributed by atoms with Crippen LogP contribution >= 0.6 is 15.9 Å². The lowest BCUT2D eigenvalue weighted by Gasteiger charge is -2.26. The second-order valence-corrected chi connectivity index (χ2v) is 6.33. The number of aliphatic imine (C=N–C) groups is 1. The van der Waals surface area contributed by atoms with Gasteiger partial charge in [-0.1, -0.05) is 22.0 Å². The Morgan fingerprint density at radius 2 is 2.19 bits per heavy atom. The van der Waals surface area contributed by atoms with Gasteiger partial charge in [0.15, 0.2) is 0 Å². The van der Waals surface area contributed by atoms with E-state index in [4.69, 9.17) is 4.74 Å². The van der Waals surface area contributed by atoms with Crippen molar-refractivity contribution in [1.29, 1.82) is 0 Å². The number of allylic oxidation sites excluding steroid dienone is 1. The Labute approximate surface area is 158 Å². The molecular formula is C17H17BrFN5O2. The first-order valence-corrected chi connectivity index (χ1v) is 8.94. The normalized spacial score (nSPS) is 17.0. The highest BCUT2D eigenvalue weighted by atomic mass is 79.9. The van der Waals surface area contributed by atoms with Gasteiger partial charge in [-0.05, 0) is 37.1 Å². The number of hydrogen-bond acceptors (Lipinski definition) is 6. The minimum Gasteiger partial charge on any atom is -0.466 e. The molecule has 1 aromatic carbocycles. The van der Waals surface area contributed by atoms with Gasteiger partial charge in [-0.15, -0.1) is 4.80 Å². The van der Waals surface area contributed by atoms with Crippen molar-refractivity contribution in [3.05, 3.63) is 58.3 Å². The van der Waals surface area contributed by atoms with Crippen molar-refractivity contribution >= 4 is 27.9 Å². The van der Waals surface area contributed by atoms with Crippen molar-refractivity contribution in [1.82, 2.24) is 20.3 Å². The lowest BCUT2D eigenvalue weighted by atomic mass is 9.93. The largest absolute Gasteiger partial charge is 0.466 e. The summed E-state index contributed by atoms with van der Waals surface area (Å²) in [4.78, 5) is 18.4. The Bertz CT molecular complexity index is 922. The van der Waals surface area contributed by atoms with Crippen LogP contribution in [-0.4, -0.2) is 39.4 Å². The maximum absolute atomic E-state index is 13.5. The summed E-state index contributed by atoms with van der Waals surface area (Å²) >= 11 is 3.39. The van der Waals surface area contributed by atoms with E-state index < -0.39 is 12.0 Å². The third kappa shape index (κ3) is 3.39. The average molecular weight is 422 g/mol. The Hall–Kier alpha value is -2.55. The van der Waals surface area contributed by atoms with E-state index in [1.165, 1.54) is 24.0 Å². The van der Waals surface area contributed by atoms with Gasteiger partial charge in [0.05, 0.1) is 24.6 Å². The molecule has 2 aromatic rings. The summed E-state index contributed by atoms with van der Waals surface area (Å²) in [7, 11) is 1.31. The van der Waals surface area contributed by atoms with Gasteiger partial charge in [0.2, 0.25) is 5.96 Å². The predicted molar refractivity (Wildman–Crippen MR) is 97.4 cm³/mol. The summed E-state index contributed by atoms with van der Waals surface area (Å²) in [6.07, 6.45) is 1.61. The number of alkyl halides is 1. The van der Waals surface area contributed by atoms with Gasteiger partial charge in [0, 0.05) is 11.0 Å². The number of esters is 1. The quantitative estimate of drug-likeness (QED) is 0.607. The summed E-state index contributed by atoms with van der Waals surface area (Å²) in [5, 5.41) is 11.9. The first-order valence-electron chi connectivity index (χ1n) is 7.82. The van der Waals surface area contributed by atoms with Crippen LogP contribution in [0.2, 0.25) is 0 Å². The lowest BCUT2D eigenvalue weighted by molar-refractivity contribution is -0.136. The number of benzene rings is 1. The number of carbonyl (C=O) groups is 1. The third-order valence-corrected chi connectivity index (χ3v) is 4.53. The monoisotopic (exact) mass is 421 g/mol. The number of aromatic nitrogens is 3. The van der Waals surface area contributed by atoms with Crippen molar-refractivity contribution in [2.75, 3.05) is 12.4 Å². The summed E-state index contributed by atoms with van der Waals surface area (Å²) in [5.74, 6) is -0.486. The van der Waals surface area contributed by atoms with Gasteiger partial charge in [-0.3, -0.25) is 0 Å². The second-order valence-electron chi connectivity index (χ2n) is 5.77. The molecular weight excluding hydrogens is 405 g/mol. The van der Waals surface area contributed by atoms with Crippen LogP contribution in [0.1, 0.15) is 22.9 Å². The highest BCUT2D eigenvalue weighted by Crippen LogP contribution is 2.34. The van der Waals surface area contributed by atoms with Crippen molar-refractivity contribution in [3.8, 4) is 0 Å². The molecule has 0 amide bonds. The average Bonchev–Trinajstić information content (AvgIpc) is 3.06. The summed E-state index contributed by atoms with van der Waals surface area (Å²) in [6.45, 7) is 3.59.